The van der Waals surface area contributed by atoms with Crippen molar-refractivity contribution < 1.29 is 23.8 Å². The van der Waals surface area contributed by atoms with E-state index in [2.05, 4.69) is 4.98 Å². The molecule has 162 valence electrons. The molecule has 4 rings (SSSR count). The molecule has 0 saturated carbocycles. The number of nitrogens with zero attached hydrogens (tertiary/aromatic N) is 3. The number of ether oxygens (including phenoxy) is 1. The zero-order valence-electron chi connectivity index (χ0n) is 16.2. The van der Waals surface area contributed by atoms with Crippen LogP contribution in [-0.4, -0.2) is 42.1 Å². The van der Waals surface area contributed by atoms with Crippen LogP contribution in [0.2, 0.25) is 0 Å². The van der Waals surface area contributed by atoms with Gasteiger partial charge < -0.3 is 9.84 Å². The summed E-state index contributed by atoms with van der Waals surface area (Å²) in [6.07, 6.45) is 2.59. The number of hydrogen-bond acceptors (Lipinski definition) is 7. The summed E-state index contributed by atoms with van der Waals surface area (Å²) in [7, 11) is 0. The zero-order valence-corrected chi connectivity index (χ0v) is 17.9. The van der Waals surface area contributed by atoms with Gasteiger partial charge in [0.05, 0.1) is 11.3 Å². The highest BCUT2D eigenvalue weighted by Gasteiger charge is 2.33. The first-order valence-electron chi connectivity index (χ1n) is 9.25. The number of carbonyl (C=O) groups excluding carboxylic acids is 1. The molecule has 3 heterocycles. The van der Waals surface area contributed by atoms with E-state index in [1.54, 1.807) is 18.2 Å². The number of thioether (sulfide) groups is 1. The van der Waals surface area contributed by atoms with Gasteiger partial charge in [-0.15, -0.1) is 0 Å². The second-order valence-corrected chi connectivity index (χ2v) is 8.27. The van der Waals surface area contributed by atoms with Gasteiger partial charge in [-0.3, -0.25) is 23.7 Å². The number of thiocarbonyl (C=S) groups is 1. The Kier molecular flexibility index (Phi) is 6.01. The van der Waals surface area contributed by atoms with Crippen molar-refractivity contribution in [1.29, 1.82) is 0 Å². The number of hydrogen-bond donors (Lipinski definition) is 1. The number of benzene rings is 1. The third-order valence-electron chi connectivity index (χ3n) is 4.46. The molecule has 0 unspecified atom stereocenters. The average Bonchev–Trinajstić information content (AvgIpc) is 3.03. The zero-order chi connectivity index (χ0) is 22.8. The number of aromatic nitrogens is 2. The molecule has 1 N–H and O–H groups in total. The maximum Gasteiger partial charge on any atom is 0.305 e. The van der Waals surface area contributed by atoms with E-state index >= 15 is 0 Å². The molecule has 0 atom stereocenters. The van der Waals surface area contributed by atoms with E-state index in [4.69, 9.17) is 22.1 Å². The molecule has 1 fully saturated rings. The van der Waals surface area contributed by atoms with Gasteiger partial charge in [0.15, 0.2) is 0 Å². The van der Waals surface area contributed by atoms with Gasteiger partial charge in [-0.1, -0.05) is 30.0 Å². The van der Waals surface area contributed by atoms with Gasteiger partial charge in [0.25, 0.3) is 11.5 Å². The van der Waals surface area contributed by atoms with Crippen molar-refractivity contribution in [1.82, 2.24) is 14.3 Å². The minimum absolute atomic E-state index is 0.00300. The van der Waals surface area contributed by atoms with E-state index in [0.717, 1.165) is 11.8 Å². The van der Waals surface area contributed by atoms with E-state index in [0.29, 0.717) is 5.65 Å². The molecule has 2 aromatic heterocycles. The summed E-state index contributed by atoms with van der Waals surface area (Å²) in [5.41, 5.74) is -0.166. The van der Waals surface area contributed by atoms with Crippen LogP contribution in [0.4, 0.5) is 4.39 Å². The van der Waals surface area contributed by atoms with Crippen LogP contribution in [0.15, 0.2) is 58.4 Å². The number of carbonyl (C=O) groups is 2. The lowest BCUT2D eigenvalue weighted by molar-refractivity contribution is -0.137. The number of carboxylic acids is 1. The largest absolute Gasteiger partial charge is 0.481 e. The third-order valence-corrected chi connectivity index (χ3v) is 5.84. The van der Waals surface area contributed by atoms with Gasteiger partial charge in [0.1, 0.15) is 27.1 Å². The Morgan fingerprint density at radius 2 is 1.97 bits per heavy atom. The van der Waals surface area contributed by atoms with Crippen LogP contribution >= 0.6 is 24.0 Å². The molecule has 0 spiro atoms. The lowest BCUT2D eigenvalue weighted by atomic mass is 10.2. The highest BCUT2D eigenvalue weighted by molar-refractivity contribution is 8.26. The van der Waals surface area contributed by atoms with Crippen LogP contribution in [-0.2, 0) is 9.59 Å². The summed E-state index contributed by atoms with van der Waals surface area (Å²) in [6.45, 7) is -0.0781. The Morgan fingerprint density at radius 1 is 1.22 bits per heavy atom. The van der Waals surface area contributed by atoms with Crippen LogP contribution in [0.3, 0.4) is 0 Å². The topological polar surface area (TPSA) is 101 Å². The first-order valence-corrected chi connectivity index (χ1v) is 10.5. The highest BCUT2D eigenvalue weighted by Crippen LogP contribution is 2.34. The summed E-state index contributed by atoms with van der Waals surface area (Å²) in [5, 5.41) is 8.88. The fourth-order valence-corrected chi connectivity index (χ4v) is 4.22. The van der Waals surface area contributed by atoms with Crippen LogP contribution < -0.4 is 10.3 Å². The summed E-state index contributed by atoms with van der Waals surface area (Å²) in [5.74, 6) is -1.83. The predicted molar refractivity (Wildman–Crippen MR) is 120 cm³/mol. The molecule has 3 aromatic rings. The Morgan fingerprint density at radius 3 is 2.69 bits per heavy atom. The van der Waals surface area contributed by atoms with Gasteiger partial charge in [-0.25, -0.2) is 4.39 Å². The van der Waals surface area contributed by atoms with Crippen molar-refractivity contribution in [3.63, 3.8) is 0 Å². The van der Waals surface area contributed by atoms with Crippen molar-refractivity contribution in [2.75, 3.05) is 6.54 Å². The standard InChI is InChI=1S/C21H14FN3O5S2/c22-12-4-6-13(7-5-12)30-18-14(19(28)24-9-2-1-3-16(24)23-18)11-15-20(29)25(21(31)32-15)10-8-17(26)27/h1-7,9,11H,8,10H2,(H,26,27). The number of carboxylic acid groups (broad SMARTS) is 1. The monoisotopic (exact) mass is 471 g/mol. The van der Waals surface area contributed by atoms with Crippen LogP contribution in [0.1, 0.15) is 12.0 Å². The van der Waals surface area contributed by atoms with Gasteiger partial charge in [0, 0.05) is 12.7 Å². The Balaban J connectivity index is 1.78. The number of fused-ring (bicyclic) bond motifs is 1. The second-order valence-electron chi connectivity index (χ2n) is 6.60. The van der Waals surface area contributed by atoms with Crippen molar-refractivity contribution in [3.8, 4) is 11.6 Å². The fraction of sp³-hybridized carbons (Fsp3) is 0.0952. The Hall–Kier alpha value is -3.57. The Bertz CT molecular complexity index is 1340. The molecule has 1 aromatic carbocycles. The van der Waals surface area contributed by atoms with Crippen molar-refractivity contribution in [2.24, 2.45) is 0 Å². The number of amides is 1. The quantitative estimate of drug-likeness (QED) is 0.432. The number of halogens is 1. The molecular formula is C21H14FN3O5S2. The van der Waals surface area contributed by atoms with Gasteiger partial charge >= 0.3 is 5.97 Å². The molecule has 0 radical (unpaired) electrons. The predicted octanol–water partition coefficient (Wildman–Crippen LogP) is 3.30. The summed E-state index contributed by atoms with van der Waals surface area (Å²) in [6, 6.07) is 10.2. The molecule has 1 amide bonds. The van der Waals surface area contributed by atoms with Crippen molar-refractivity contribution in [2.45, 2.75) is 6.42 Å². The molecule has 1 aliphatic rings. The smallest absolute Gasteiger partial charge is 0.305 e. The molecule has 1 aliphatic heterocycles. The third kappa shape index (κ3) is 4.39. The fourth-order valence-electron chi connectivity index (χ4n) is 2.93. The first kappa shape index (κ1) is 21.7. The van der Waals surface area contributed by atoms with Crippen LogP contribution in [0, 0.1) is 5.82 Å². The van der Waals surface area contributed by atoms with Crippen LogP contribution in [0.25, 0.3) is 11.7 Å². The molecule has 1 saturated heterocycles. The van der Waals surface area contributed by atoms with Crippen molar-refractivity contribution >= 4 is 51.9 Å². The van der Waals surface area contributed by atoms with Gasteiger partial charge in [0.2, 0.25) is 5.88 Å². The van der Waals surface area contributed by atoms with E-state index in [-0.39, 0.29) is 39.4 Å². The molecule has 8 nitrogen and oxygen atoms in total. The van der Waals surface area contributed by atoms with Gasteiger partial charge in [-0.2, -0.15) is 4.98 Å². The molecule has 0 bridgehead atoms. The van der Waals surface area contributed by atoms with Crippen LogP contribution in [0.5, 0.6) is 11.6 Å². The molecular weight excluding hydrogens is 457 g/mol. The van der Waals surface area contributed by atoms with E-state index in [1.807, 2.05) is 0 Å². The van der Waals surface area contributed by atoms with E-state index < -0.39 is 23.3 Å². The highest BCUT2D eigenvalue weighted by atomic mass is 32.2. The lowest BCUT2D eigenvalue weighted by Crippen LogP contribution is -2.30. The lowest BCUT2D eigenvalue weighted by Gasteiger charge is -2.12. The SMILES string of the molecule is O=C(O)CCN1C(=O)C(=Cc2c(Oc3ccc(F)cc3)nc3ccccn3c2=O)SC1=S. The van der Waals surface area contributed by atoms with Gasteiger partial charge in [-0.05, 0) is 42.5 Å². The Labute approximate surface area is 189 Å². The summed E-state index contributed by atoms with van der Waals surface area (Å²) < 4.78 is 20.5. The average molecular weight is 471 g/mol. The molecule has 11 heteroatoms. The molecule has 32 heavy (non-hydrogen) atoms. The minimum Gasteiger partial charge on any atom is -0.481 e. The maximum absolute atomic E-state index is 13.2. The molecule has 0 aliphatic carbocycles. The second kappa shape index (κ2) is 8.89. The number of aliphatic carboxylic acids is 1. The van der Waals surface area contributed by atoms with E-state index in [9.17, 15) is 18.8 Å². The number of pyridine rings is 1. The van der Waals surface area contributed by atoms with Crippen molar-refractivity contribution in [3.05, 3.63) is 75.3 Å². The normalized spacial score (nSPS) is 15.0. The van der Waals surface area contributed by atoms with E-state index in [1.165, 1.54) is 45.8 Å². The summed E-state index contributed by atoms with van der Waals surface area (Å²) in [4.78, 5) is 42.5. The maximum atomic E-state index is 13.2. The minimum atomic E-state index is -1.06. The first-order chi connectivity index (χ1) is 15.3. The summed E-state index contributed by atoms with van der Waals surface area (Å²) >= 11 is 6.15. The number of rotatable bonds is 6.